The van der Waals surface area contributed by atoms with Crippen LogP contribution in [-0.2, 0) is 4.74 Å². The summed E-state index contributed by atoms with van der Waals surface area (Å²) >= 11 is 0. The minimum atomic E-state index is -5.55. The van der Waals surface area contributed by atoms with Crippen LogP contribution in [0.3, 0.4) is 0 Å². The molecule has 1 fully saturated rings. The highest BCUT2D eigenvalue weighted by molar-refractivity contribution is 4.80. The fourth-order valence-corrected chi connectivity index (χ4v) is 2.62. The molecule has 0 bridgehead atoms. The van der Waals surface area contributed by atoms with E-state index >= 15 is 0 Å². The van der Waals surface area contributed by atoms with E-state index < -0.39 is 18.7 Å². The van der Waals surface area contributed by atoms with Gasteiger partial charge in [0, 0.05) is 6.04 Å². The van der Waals surface area contributed by atoms with Crippen molar-refractivity contribution in [1.82, 2.24) is 5.32 Å². The number of alkyl halides is 5. The van der Waals surface area contributed by atoms with Gasteiger partial charge < -0.3 is 10.1 Å². The lowest BCUT2D eigenvalue weighted by Crippen LogP contribution is -2.45. The summed E-state index contributed by atoms with van der Waals surface area (Å²) in [5.74, 6) is -4.49. The van der Waals surface area contributed by atoms with Gasteiger partial charge in [-0.1, -0.05) is 26.2 Å². The number of ether oxygens (including phenoxy) is 1. The first-order chi connectivity index (χ1) is 9.78. The first-order valence-corrected chi connectivity index (χ1v) is 7.53. The second-order valence-corrected chi connectivity index (χ2v) is 5.68. The monoisotopic (exact) mass is 317 g/mol. The molecule has 0 amide bonds. The highest BCUT2D eigenvalue weighted by Crippen LogP contribution is 2.35. The third-order valence-electron chi connectivity index (χ3n) is 3.87. The summed E-state index contributed by atoms with van der Waals surface area (Å²) in [7, 11) is 0. The van der Waals surface area contributed by atoms with Gasteiger partial charge in [-0.15, -0.1) is 0 Å². The first-order valence-electron chi connectivity index (χ1n) is 7.53. The van der Waals surface area contributed by atoms with Gasteiger partial charge in [0.15, 0.2) is 0 Å². The van der Waals surface area contributed by atoms with Crippen LogP contribution in [0.5, 0.6) is 0 Å². The lowest BCUT2D eigenvalue weighted by molar-refractivity contribution is -0.297. The van der Waals surface area contributed by atoms with Gasteiger partial charge in [-0.05, 0) is 31.7 Å². The zero-order chi connectivity index (χ0) is 15.9. The number of halogens is 5. The third-order valence-corrected chi connectivity index (χ3v) is 3.87. The van der Waals surface area contributed by atoms with Gasteiger partial charge in [0.25, 0.3) is 0 Å². The summed E-state index contributed by atoms with van der Waals surface area (Å²) in [5, 5.41) is 3.21. The second kappa shape index (κ2) is 8.27. The standard InChI is InChI=1S/C14H24F5NO/c1-2-8-20-12(11-6-4-3-5-7-11)9-21-10-13(15,16)14(17,18)19/h11-12,20H,2-10H2,1H3. The molecule has 1 aliphatic rings. The van der Waals surface area contributed by atoms with Crippen LogP contribution in [0.1, 0.15) is 45.4 Å². The smallest absolute Gasteiger partial charge is 0.373 e. The molecule has 1 rings (SSSR count). The van der Waals surface area contributed by atoms with Gasteiger partial charge in [-0.2, -0.15) is 22.0 Å². The third kappa shape index (κ3) is 6.06. The molecule has 0 saturated heterocycles. The molecule has 0 heterocycles. The van der Waals surface area contributed by atoms with Crippen LogP contribution in [0, 0.1) is 5.92 Å². The van der Waals surface area contributed by atoms with E-state index in [-0.39, 0.29) is 12.6 Å². The van der Waals surface area contributed by atoms with Gasteiger partial charge in [0.05, 0.1) is 6.61 Å². The fourth-order valence-electron chi connectivity index (χ4n) is 2.62. The van der Waals surface area contributed by atoms with Gasteiger partial charge in [-0.25, -0.2) is 0 Å². The van der Waals surface area contributed by atoms with Crippen molar-refractivity contribution < 1.29 is 26.7 Å². The highest BCUT2D eigenvalue weighted by atomic mass is 19.4. The largest absolute Gasteiger partial charge is 0.455 e. The average Bonchev–Trinajstić information content (AvgIpc) is 2.42. The van der Waals surface area contributed by atoms with Crippen molar-refractivity contribution in [3.63, 3.8) is 0 Å². The second-order valence-electron chi connectivity index (χ2n) is 5.68. The van der Waals surface area contributed by atoms with E-state index in [1.54, 1.807) is 0 Å². The van der Waals surface area contributed by atoms with E-state index in [9.17, 15) is 22.0 Å². The van der Waals surface area contributed by atoms with Crippen molar-refractivity contribution >= 4 is 0 Å². The van der Waals surface area contributed by atoms with Crippen molar-refractivity contribution in [3.05, 3.63) is 0 Å². The maximum absolute atomic E-state index is 12.8. The molecular weight excluding hydrogens is 293 g/mol. The van der Waals surface area contributed by atoms with Crippen LogP contribution >= 0.6 is 0 Å². The molecule has 0 radical (unpaired) electrons. The zero-order valence-electron chi connectivity index (χ0n) is 12.3. The van der Waals surface area contributed by atoms with Crippen molar-refractivity contribution in [3.8, 4) is 0 Å². The number of rotatable bonds is 8. The fraction of sp³-hybridized carbons (Fsp3) is 1.00. The quantitative estimate of drug-likeness (QED) is 0.679. The molecule has 0 aliphatic heterocycles. The van der Waals surface area contributed by atoms with E-state index in [0.717, 1.165) is 38.5 Å². The van der Waals surface area contributed by atoms with Crippen LogP contribution < -0.4 is 5.32 Å². The Labute approximate surface area is 122 Å². The van der Waals surface area contributed by atoms with E-state index in [0.29, 0.717) is 12.5 Å². The normalized spacial score (nSPS) is 19.7. The van der Waals surface area contributed by atoms with Crippen LogP contribution in [0.4, 0.5) is 22.0 Å². The van der Waals surface area contributed by atoms with E-state index in [2.05, 4.69) is 5.32 Å². The highest BCUT2D eigenvalue weighted by Gasteiger charge is 2.57. The molecule has 1 atom stereocenters. The number of hydrogen-bond acceptors (Lipinski definition) is 2. The van der Waals surface area contributed by atoms with Crippen molar-refractivity contribution in [2.24, 2.45) is 5.92 Å². The molecular formula is C14H24F5NO. The molecule has 2 nitrogen and oxygen atoms in total. The van der Waals surface area contributed by atoms with Crippen molar-refractivity contribution in [2.45, 2.75) is 63.6 Å². The molecule has 1 N–H and O–H groups in total. The summed E-state index contributed by atoms with van der Waals surface area (Å²) in [4.78, 5) is 0. The Morgan fingerprint density at radius 2 is 1.71 bits per heavy atom. The lowest BCUT2D eigenvalue weighted by Gasteiger charge is -2.31. The summed E-state index contributed by atoms with van der Waals surface area (Å²) < 4.78 is 66.5. The number of nitrogens with one attached hydrogen (secondary N) is 1. The Kier molecular flexibility index (Phi) is 7.33. The predicted molar refractivity (Wildman–Crippen MR) is 70.5 cm³/mol. The summed E-state index contributed by atoms with van der Waals surface area (Å²) in [6.07, 6.45) is 0.582. The van der Waals surface area contributed by atoms with Gasteiger partial charge in [0.2, 0.25) is 0 Å². The molecule has 21 heavy (non-hydrogen) atoms. The maximum Gasteiger partial charge on any atom is 0.455 e. The predicted octanol–water partition coefficient (Wildman–Crippen LogP) is 4.15. The summed E-state index contributed by atoms with van der Waals surface area (Å²) in [5.41, 5.74) is 0. The van der Waals surface area contributed by atoms with Gasteiger partial charge in [0.1, 0.15) is 6.61 Å². The molecule has 1 aliphatic carbocycles. The van der Waals surface area contributed by atoms with Crippen LogP contribution in [0.2, 0.25) is 0 Å². The Morgan fingerprint density at radius 1 is 1.10 bits per heavy atom. The molecule has 0 spiro atoms. The number of hydrogen-bond donors (Lipinski definition) is 1. The van der Waals surface area contributed by atoms with Crippen LogP contribution in [-0.4, -0.2) is 37.9 Å². The van der Waals surface area contributed by atoms with Crippen LogP contribution in [0.25, 0.3) is 0 Å². The minimum Gasteiger partial charge on any atom is -0.373 e. The Morgan fingerprint density at radius 3 is 2.24 bits per heavy atom. The molecule has 1 saturated carbocycles. The molecule has 1 unspecified atom stereocenters. The molecule has 0 aromatic carbocycles. The van der Waals surface area contributed by atoms with E-state index in [1.807, 2.05) is 6.92 Å². The summed E-state index contributed by atoms with van der Waals surface area (Å²) in [6.45, 7) is 0.980. The summed E-state index contributed by atoms with van der Waals surface area (Å²) in [6, 6.07) is -0.144. The first kappa shape index (κ1) is 18.6. The maximum atomic E-state index is 12.8. The molecule has 7 heteroatoms. The Bertz CT molecular complexity index is 290. The van der Waals surface area contributed by atoms with E-state index in [1.165, 1.54) is 0 Å². The Hall–Kier alpha value is -0.430. The van der Waals surface area contributed by atoms with Crippen molar-refractivity contribution in [1.29, 1.82) is 0 Å². The molecule has 126 valence electrons. The zero-order valence-corrected chi connectivity index (χ0v) is 12.3. The molecule has 0 aromatic rings. The van der Waals surface area contributed by atoms with Gasteiger partial charge >= 0.3 is 12.1 Å². The SMILES string of the molecule is CCCNC(COCC(F)(F)C(F)(F)F)C1CCCCC1. The van der Waals surface area contributed by atoms with Gasteiger partial charge in [-0.3, -0.25) is 0 Å². The van der Waals surface area contributed by atoms with E-state index in [4.69, 9.17) is 4.74 Å². The van der Waals surface area contributed by atoms with Crippen LogP contribution in [0.15, 0.2) is 0 Å². The lowest BCUT2D eigenvalue weighted by atomic mass is 9.84. The Balaban J connectivity index is 2.45. The minimum absolute atomic E-state index is 0.101. The average molecular weight is 317 g/mol. The van der Waals surface area contributed by atoms with Crippen molar-refractivity contribution in [2.75, 3.05) is 19.8 Å². The molecule has 0 aromatic heterocycles. The topological polar surface area (TPSA) is 21.3 Å².